The van der Waals surface area contributed by atoms with E-state index in [1.807, 2.05) is 6.92 Å². The van der Waals surface area contributed by atoms with E-state index in [1.165, 1.54) is 10.4 Å². The van der Waals surface area contributed by atoms with Crippen molar-refractivity contribution in [3.63, 3.8) is 0 Å². The van der Waals surface area contributed by atoms with Crippen molar-refractivity contribution in [3.8, 4) is 5.75 Å². The molecule has 2 heterocycles. The Morgan fingerprint density at radius 3 is 2.55 bits per heavy atom. The number of alkyl halides is 3. The van der Waals surface area contributed by atoms with Crippen LogP contribution < -0.4 is 10.1 Å². The molecule has 2 aliphatic heterocycles. The second kappa shape index (κ2) is 16.3. The van der Waals surface area contributed by atoms with E-state index in [1.54, 1.807) is 42.3 Å². The van der Waals surface area contributed by atoms with Gasteiger partial charge in [-0.15, -0.1) is 13.2 Å². The number of piperidine rings is 1. The van der Waals surface area contributed by atoms with Gasteiger partial charge in [0.1, 0.15) is 11.6 Å². The number of likely N-dealkylation sites (N-methyl/N-ethyl adjacent to an activating group) is 1. The molecule has 1 unspecified atom stereocenters. The molecular weight excluding hydrogens is 661 g/mol. The van der Waals surface area contributed by atoms with Gasteiger partial charge >= 0.3 is 6.18 Å². The summed E-state index contributed by atoms with van der Waals surface area (Å²) in [6.45, 7) is 10.7. The van der Waals surface area contributed by atoms with Crippen molar-refractivity contribution in [3.05, 3.63) is 89.5 Å². The highest BCUT2D eigenvalue weighted by atomic mass is 32.2. The fourth-order valence-electron chi connectivity index (χ4n) is 5.84. The Hall–Kier alpha value is -3.72. The van der Waals surface area contributed by atoms with Crippen LogP contribution >= 0.6 is 0 Å². The number of aliphatic hydroxyl groups is 1. The Kier molecular flexibility index (Phi) is 12.7. The van der Waals surface area contributed by atoms with Gasteiger partial charge in [-0.25, -0.2) is 17.7 Å². The molecule has 10 nitrogen and oxygen atoms in total. The molecule has 2 N–H and O–H groups in total. The summed E-state index contributed by atoms with van der Waals surface area (Å²) in [5.41, 5.74) is 0.299. The molecule has 1 amide bonds. The minimum absolute atomic E-state index is 0.0311. The summed E-state index contributed by atoms with van der Waals surface area (Å²) in [6, 6.07) is 8.55. The van der Waals surface area contributed by atoms with Gasteiger partial charge in [-0.3, -0.25) is 4.79 Å². The molecule has 0 aliphatic carbocycles. The fourth-order valence-corrected chi connectivity index (χ4v) is 7.31. The highest BCUT2D eigenvalue weighted by Gasteiger charge is 2.47. The predicted octanol–water partition coefficient (Wildman–Crippen LogP) is 4.71. The Bertz CT molecular complexity index is 1640. The molecule has 2 aromatic rings. The molecule has 1 atom stereocenters. The van der Waals surface area contributed by atoms with Gasteiger partial charge in [-0.05, 0) is 80.5 Å². The third-order valence-electron chi connectivity index (χ3n) is 8.82. The number of hydrogen-bond donors (Lipinski definition) is 2. The van der Waals surface area contributed by atoms with Gasteiger partial charge in [0.15, 0.2) is 6.23 Å². The van der Waals surface area contributed by atoms with Gasteiger partial charge in [-0.2, -0.15) is 13.2 Å². The van der Waals surface area contributed by atoms with Crippen molar-refractivity contribution in [2.75, 3.05) is 52.3 Å². The van der Waals surface area contributed by atoms with Crippen molar-refractivity contribution in [1.29, 1.82) is 0 Å². The lowest BCUT2D eigenvalue weighted by atomic mass is 9.87. The van der Waals surface area contributed by atoms with E-state index in [2.05, 4.69) is 23.5 Å². The number of aliphatic hydroxyl groups excluding tert-OH is 1. The number of unbranched alkanes of at least 4 members (excludes halogenated alkanes) is 1. The lowest BCUT2D eigenvalue weighted by Crippen LogP contribution is -2.58. The molecule has 1 fully saturated rings. The van der Waals surface area contributed by atoms with E-state index < -0.39 is 33.5 Å². The Labute approximate surface area is 286 Å². The standard InChI is InChI=1S/C35H45F3N4O6S/c1-5-7-8-18-48-30-23-28(22-29(24-30)35(36,37)38)31-39-33(44)34(40-31)12-14-42(15-13-34)49(45,46)20-11-26-9-10-27(21-25(26)3)32(43)41(4)16-19-47-17-6-2/h5-6,9-10,21-24,33,44H,1-2,7-8,11-20H2,3-4H3,(H,39,40). The number of hydrogen-bond acceptors (Lipinski definition) is 8. The first-order valence-corrected chi connectivity index (χ1v) is 17.8. The maximum Gasteiger partial charge on any atom is 0.416 e. The largest absolute Gasteiger partial charge is 0.494 e. The van der Waals surface area contributed by atoms with Crippen LogP contribution in [0.5, 0.6) is 5.75 Å². The van der Waals surface area contributed by atoms with E-state index in [9.17, 15) is 31.5 Å². The first-order valence-electron chi connectivity index (χ1n) is 16.2. The van der Waals surface area contributed by atoms with Crippen LogP contribution in [-0.4, -0.2) is 98.5 Å². The molecule has 14 heteroatoms. The number of amidine groups is 1. The summed E-state index contributed by atoms with van der Waals surface area (Å²) in [6.07, 6.45) is -0.669. The van der Waals surface area contributed by atoms with Crippen LogP contribution in [0.1, 0.15) is 58.3 Å². The number of nitrogens with zero attached hydrogens (tertiary/aromatic N) is 3. The van der Waals surface area contributed by atoms with Gasteiger partial charge in [0.25, 0.3) is 5.91 Å². The topological polar surface area (TPSA) is 121 Å². The number of allylic oxidation sites excluding steroid dienone is 1. The van der Waals surface area contributed by atoms with Crippen molar-refractivity contribution in [1.82, 2.24) is 14.5 Å². The van der Waals surface area contributed by atoms with Crippen LogP contribution in [0.25, 0.3) is 0 Å². The second-order valence-corrected chi connectivity index (χ2v) is 14.4. The van der Waals surface area contributed by atoms with Crippen molar-refractivity contribution in [2.24, 2.45) is 4.99 Å². The number of carbonyl (C=O) groups is 1. The summed E-state index contributed by atoms with van der Waals surface area (Å²) in [5, 5.41) is 14.1. The molecule has 4 rings (SSSR count). The molecule has 0 radical (unpaired) electrons. The van der Waals surface area contributed by atoms with Gasteiger partial charge in [0.05, 0.1) is 36.7 Å². The number of nitrogens with one attached hydrogen (secondary N) is 1. The van der Waals surface area contributed by atoms with Gasteiger partial charge in [0.2, 0.25) is 10.0 Å². The minimum Gasteiger partial charge on any atom is -0.494 e. The van der Waals surface area contributed by atoms with Crippen LogP contribution in [0, 0.1) is 6.92 Å². The summed E-state index contributed by atoms with van der Waals surface area (Å²) < 4.78 is 80.2. The molecule has 1 saturated heterocycles. The maximum absolute atomic E-state index is 13.7. The highest BCUT2D eigenvalue weighted by Crippen LogP contribution is 2.36. The molecule has 2 aliphatic rings. The third-order valence-corrected chi connectivity index (χ3v) is 10.7. The highest BCUT2D eigenvalue weighted by molar-refractivity contribution is 7.89. The molecule has 0 aromatic heterocycles. The molecule has 2 aromatic carbocycles. The molecule has 0 saturated carbocycles. The van der Waals surface area contributed by atoms with Gasteiger partial charge < -0.3 is 24.8 Å². The minimum atomic E-state index is -4.62. The summed E-state index contributed by atoms with van der Waals surface area (Å²) in [7, 11) is -1.99. The van der Waals surface area contributed by atoms with Crippen LogP contribution in [0.2, 0.25) is 0 Å². The number of aliphatic imine (C=N–C) groups is 1. The summed E-state index contributed by atoms with van der Waals surface area (Å²) in [5.74, 6) is -0.187. The van der Waals surface area contributed by atoms with Crippen LogP contribution in [0.3, 0.4) is 0 Å². The van der Waals surface area contributed by atoms with Crippen molar-refractivity contribution >= 4 is 21.8 Å². The van der Waals surface area contributed by atoms with Crippen molar-refractivity contribution < 1.29 is 41.0 Å². The normalized spacial score (nSPS) is 17.8. The third kappa shape index (κ3) is 9.71. The molecule has 0 bridgehead atoms. The van der Waals surface area contributed by atoms with E-state index >= 15 is 0 Å². The monoisotopic (exact) mass is 706 g/mol. The maximum atomic E-state index is 13.7. The van der Waals surface area contributed by atoms with Crippen LogP contribution in [0.15, 0.2) is 66.7 Å². The zero-order valence-corrected chi connectivity index (χ0v) is 28.8. The SMILES string of the molecule is C=CCCCOc1cc(C2=NC(O)C3(CCN(S(=O)(=O)CCc4ccc(C(=O)N(C)CCOCC=C)cc4C)CC3)N2)cc(C(F)(F)F)c1. The predicted molar refractivity (Wildman–Crippen MR) is 182 cm³/mol. The number of ether oxygens (including phenoxy) is 2. The van der Waals surface area contributed by atoms with E-state index in [0.29, 0.717) is 38.2 Å². The van der Waals surface area contributed by atoms with E-state index in [0.717, 1.165) is 23.3 Å². The van der Waals surface area contributed by atoms with Gasteiger partial charge in [-0.1, -0.05) is 18.2 Å². The first-order chi connectivity index (χ1) is 23.2. The number of carbonyl (C=O) groups excluding carboxylic acids is 1. The fraction of sp³-hybridized carbons (Fsp3) is 0.486. The second-order valence-electron chi connectivity index (χ2n) is 12.4. The number of rotatable bonds is 16. The van der Waals surface area contributed by atoms with Gasteiger partial charge in [0, 0.05) is 37.8 Å². The van der Waals surface area contributed by atoms with E-state index in [4.69, 9.17) is 9.47 Å². The Morgan fingerprint density at radius 1 is 1.16 bits per heavy atom. The lowest BCUT2D eigenvalue weighted by molar-refractivity contribution is -0.137. The first kappa shape index (κ1) is 38.1. The number of sulfonamides is 1. The quantitative estimate of drug-likeness (QED) is 0.192. The average molecular weight is 707 g/mol. The Morgan fingerprint density at radius 2 is 1.90 bits per heavy atom. The zero-order valence-electron chi connectivity index (χ0n) is 28.0. The summed E-state index contributed by atoms with van der Waals surface area (Å²) >= 11 is 0. The average Bonchev–Trinajstić information content (AvgIpc) is 3.38. The number of aryl methyl sites for hydroxylation is 2. The van der Waals surface area contributed by atoms with Crippen LogP contribution in [-0.2, 0) is 27.4 Å². The van der Waals surface area contributed by atoms with E-state index in [-0.39, 0.29) is 67.8 Å². The molecule has 1 spiro atoms. The van der Waals surface area contributed by atoms with Crippen molar-refractivity contribution in [2.45, 2.75) is 57.0 Å². The molecule has 268 valence electrons. The summed E-state index contributed by atoms with van der Waals surface area (Å²) in [4.78, 5) is 18.6. The lowest BCUT2D eigenvalue weighted by Gasteiger charge is -2.40. The number of halogens is 3. The van der Waals surface area contributed by atoms with Crippen LogP contribution in [0.4, 0.5) is 13.2 Å². The number of amides is 1. The Balaban J connectivity index is 1.35. The molecular formula is C35H45F3N4O6S. The number of benzene rings is 2. The molecule has 49 heavy (non-hydrogen) atoms. The zero-order chi connectivity index (χ0) is 35.8. The smallest absolute Gasteiger partial charge is 0.416 e.